The summed E-state index contributed by atoms with van der Waals surface area (Å²) >= 11 is 4.68. The van der Waals surface area contributed by atoms with Crippen molar-refractivity contribution in [2.24, 2.45) is 4.99 Å². The number of aliphatic imine (C=N–C) groups is 1. The first-order chi connectivity index (χ1) is 5.95. The zero-order valence-corrected chi connectivity index (χ0v) is 9.67. The van der Waals surface area contributed by atoms with Gasteiger partial charge in [0, 0.05) is 0 Å². The van der Waals surface area contributed by atoms with Crippen LogP contribution in [0.15, 0.2) is 27.3 Å². The van der Waals surface area contributed by atoms with E-state index in [2.05, 4.69) is 57.0 Å². The molecule has 13 heavy (non-hydrogen) atoms. The second kappa shape index (κ2) is 3.21. The highest BCUT2D eigenvalue weighted by Gasteiger charge is 2.35. The van der Waals surface area contributed by atoms with E-state index in [9.17, 15) is 0 Å². The summed E-state index contributed by atoms with van der Waals surface area (Å²) in [6.07, 6.45) is 0. The van der Waals surface area contributed by atoms with Gasteiger partial charge in [-0.15, -0.1) is 0 Å². The third-order valence-electron chi connectivity index (χ3n) is 3.42. The van der Waals surface area contributed by atoms with Crippen LogP contribution in [0.1, 0.15) is 34.6 Å². The van der Waals surface area contributed by atoms with Gasteiger partial charge in [0.2, 0.25) is 0 Å². The number of hydrogen-bond donors (Lipinski definition) is 0. The van der Waals surface area contributed by atoms with Gasteiger partial charge in [0.25, 0.3) is 0 Å². The van der Waals surface area contributed by atoms with Crippen molar-refractivity contribution in [3.05, 3.63) is 22.3 Å². The van der Waals surface area contributed by atoms with Gasteiger partial charge < -0.3 is 0 Å². The lowest BCUT2D eigenvalue weighted by Gasteiger charge is -2.22. The summed E-state index contributed by atoms with van der Waals surface area (Å²) in [5.41, 5.74) is 5.04. The first-order valence-corrected chi connectivity index (χ1v) is 4.81. The number of thiocarbonyl (C=S) groups is 1. The Bertz CT molecular complexity index is 330. The molecule has 0 aromatic rings. The van der Waals surface area contributed by atoms with E-state index in [4.69, 9.17) is 0 Å². The summed E-state index contributed by atoms with van der Waals surface area (Å²) in [7, 11) is 0. The van der Waals surface area contributed by atoms with Crippen LogP contribution in [0.2, 0.25) is 0 Å². The topological polar surface area (TPSA) is 12.4 Å². The van der Waals surface area contributed by atoms with E-state index in [0.29, 0.717) is 0 Å². The predicted molar refractivity (Wildman–Crippen MR) is 60.2 cm³/mol. The van der Waals surface area contributed by atoms with Crippen LogP contribution in [0.5, 0.6) is 0 Å². The molecule has 1 rings (SSSR count). The van der Waals surface area contributed by atoms with Crippen molar-refractivity contribution in [3.8, 4) is 0 Å². The number of nitrogens with zero attached hydrogens (tertiary/aromatic N) is 1. The molecule has 1 aliphatic rings. The molecule has 0 atom stereocenters. The molecule has 0 saturated carbocycles. The monoisotopic (exact) mass is 193 g/mol. The summed E-state index contributed by atoms with van der Waals surface area (Å²) in [4.78, 5) is 4.27. The third kappa shape index (κ3) is 1.31. The van der Waals surface area contributed by atoms with Crippen LogP contribution < -0.4 is 0 Å². The molecule has 1 nitrogen and oxygen atoms in total. The maximum absolute atomic E-state index is 4.68. The molecule has 0 unspecified atom stereocenters. The normalized spacial score (nSPS) is 20.7. The van der Waals surface area contributed by atoms with Gasteiger partial charge in [-0.3, -0.25) is 0 Å². The largest absolute Gasteiger partial charge is 0.217 e. The van der Waals surface area contributed by atoms with Crippen LogP contribution in [0, 0.1) is 0 Å². The smallest absolute Gasteiger partial charge is 0.111 e. The van der Waals surface area contributed by atoms with Gasteiger partial charge in [0.05, 0.1) is 5.16 Å². The third-order valence-corrected chi connectivity index (χ3v) is 3.51. The molecule has 70 valence electrons. The standard InChI is InChI=1S/C11H15NS/c1-7-8(2)10(4)11(5,9(7)3)12-6-13/h1-5H3. The summed E-state index contributed by atoms with van der Waals surface area (Å²) < 4.78 is 0. The Morgan fingerprint density at radius 3 is 1.77 bits per heavy atom. The van der Waals surface area contributed by atoms with Crippen molar-refractivity contribution in [2.45, 2.75) is 40.2 Å². The quantitative estimate of drug-likeness (QED) is 0.458. The van der Waals surface area contributed by atoms with Gasteiger partial charge in [0.15, 0.2) is 0 Å². The molecular weight excluding hydrogens is 178 g/mol. The average molecular weight is 193 g/mol. The molecule has 0 aromatic carbocycles. The fraction of sp³-hybridized carbons (Fsp3) is 0.545. The maximum Gasteiger partial charge on any atom is 0.111 e. The van der Waals surface area contributed by atoms with Gasteiger partial charge in [0.1, 0.15) is 5.54 Å². The average Bonchev–Trinajstić information content (AvgIpc) is 2.23. The summed E-state index contributed by atoms with van der Waals surface area (Å²) in [6, 6.07) is 0. The van der Waals surface area contributed by atoms with Crippen molar-refractivity contribution in [2.75, 3.05) is 0 Å². The molecule has 1 aliphatic carbocycles. The molecule has 0 N–H and O–H groups in total. The van der Waals surface area contributed by atoms with E-state index in [0.717, 1.165) is 0 Å². The SMILES string of the molecule is CC1=C(C)C(C)(N=C=S)C(C)=C1C. The Balaban J connectivity index is 3.39. The van der Waals surface area contributed by atoms with E-state index in [-0.39, 0.29) is 5.54 Å². The summed E-state index contributed by atoms with van der Waals surface area (Å²) in [5, 5.41) is 2.49. The van der Waals surface area contributed by atoms with Crippen molar-refractivity contribution in [1.29, 1.82) is 0 Å². The van der Waals surface area contributed by atoms with Crippen LogP contribution >= 0.6 is 12.2 Å². The Kier molecular flexibility index (Phi) is 2.56. The molecule has 0 heterocycles. The molecule has 0 radical (unpaired) electrons. The lowest BCUT2D eigenvalue weighted by atomic mass is 9.90. The Morgan fingerprint density at radius 1 is 1.08 bits per heavy atom. The summed E-state index contributed by atoms with van der Waals surface area (Å²) in [5.74, 6) is 0. The van der Waals surface area contributed by atoms with Crippen molar-refractivity contribution >= 4 is 17.4 Å². The highest BCUT2D eigenvalue weighted by Crippen LogP contribution is 2.41. The lowest BCUT2D eigenvalue weighted by molar-refractivity contribution is 0.660. The fourth-order valence-electron chi connectivity index (χ4n) is 1.83. The second-order valence-electron chi connectivity index (χ2n) is 3.78. The Labute approximate surface area is 85.3 Å². The second-order valence-corrected chi connectivity index (χ2v) is 3.96. The molecule has 0 bridgehead atoms. The van der Waals surface area contributed by atoms with Gasteiger partial charge in [-0.1, -0.05) is 0 Å². The van der Waals surface area contributed by atoms with E-state index >= 15 is 0 Å². The molecule has 2 heteroatoms. The molecular formula is C11H15NS. The minimum Gasteiger partial charge on any atom is -0.217 e. The molecule has 0 fully saturated rings. The van der Waals surface area contributed by atoms with Crippen LogP contribution in [-0.2, 0) is 0 Å². The zero-order chi connectivity index (χ0) is 10.2. The number of isothiocyanates is 1. The molecule has 0 aromatic heterocycles. The number of allylic oxidation sites excluding steroid dienone is 2. The van der Waals surface area contributed by atoms with E-state index < -0.39 is 0 Å². The highest BCUT2D eigenvalue weighted by molar-refractivity contribution is 7.78. The van der Waals surface area contributed by atoms with E-state index in [1.165, 1.54) is 22.3 Å². The Hall–Kier alpha value is -0.720. The van der Waals surface area contributed by atoms with Crippen molar-refractivity contribution in [3.63, 3.8) is 0 Å². The van der Waals surface area contributed by atoms with Gasteiger partial charge in [-0.2, -0.15) is 0 Å². The minimum absolute atomic E-state index is 0.226. The lowest BCUT2D eigenvalue weighted by Crippen LogP contribution is -2.22. The molecule has 0 saturated heterocycles. The maximum atomic E-state index is 4.68. The van der Waals surface area contributed by atoms with Crippen LogP contribution in [0.25, 0.3) is 0 Å². The molecule has 0 aliphatic heterocycles. The molecule has 0 spiro atoms. The summed E-state index contributed by atoms with van der Waals surface area (Å²) in [6.45, 7) is 10.6. The van der Waals surface area contributed by atoms with Gasteiger partial charge >= 0.3 is 0 Å². The number of rotatable bonds is 1. The van der Waals surface area contributed by atoms with Crippen LogP contribution in [-0.4, -0.2) is 10.7 Å². The van der Waals surface area contributed by atoms with Crippen molar-refractivity contribution < 1.29 is 0 Å². The molecule has 0 amide bonds. The van der Waals surface area contributed by atoms with Gasteiger partial charge in [-0.25, -0.2) is 4.99 Å². The Morgan fingerprint density at radius 2 is 1.46 bits per heavy atom. The van der Waals surface area contributed by atoms with Crippen LogP contribution in [0.3, 0.4) is 0 Å². The minimum atomic E-state index is -0.226. The predicted octanol–water partition coefficient (Wildman–Crippen LogP) is 3.53. The zero-order valence-electron chi connectivity index (χ0n) is 8.86. The van der Waals surface area contributed by atoms with E-state index in [1.807, 2.05) is 0 Å². The van der Waals surface area contributed by atoms with Crippen molar-refractivity contribution in [1.82, 2.24) is 0 Å². The highest BCUT2D eigenvalue weighted by atomic mass is 32.1. The van der Waals surface area contributed by atoms with Crippen LogP contribution in [0.4, 0.5) is 0 Å². The van der Waals surface area contributed by atoms with E-state index in [1.54, 1.807) is 0 Å². The van der Waals surface area contributed by atoms with Gasteiger partial charge in [-0.05, 0) is 69.1 Å². The number of hydrogen-bond acceptors (Lipinski definition) is 2. The fourth-order valence-corrected chi connectivity index (χ4v) is 2.02. The first-order valence-electron chi connectivity index (χ1n) is 4.40. The first kappa shape index (κ1) is 10.4.